The molecule has 6 nitrogen and oxygen atoms in total. The first-order valence-electron chi connectivity index (χ1n) is 5.70. The van der Waals surface area contributed by atoms with Gasteiger partial charge in [-0.1, -0.05) is 0 Å². The second kappa shape index (κ2) is 5.35. The standard InChI is InChI=1S/C11H21N3O3/c1-12-11(9(15)17-4)5-7-14(8-6-11)10(16)13(2)3/h12H,5-8H2,1-4H3. The molecule has 0 aliphatic carbocycles. The number of esters is 1. The van der Waals surface area contributed by atoms with E-state index in [1.54, 1.807) is 30.9 Å². The molecule has 0 atom stereocenters. The largest absolute Gasteiger partial charge is 0.468 e. The molecule has 0 spiro atoms. The predicted octanol–water partition coefficient (Wildman–Crippen LogP) is -0.105. The van der Waals surface area contributed by atoms with Crippen molar-refractivity contribution in [2.24, 2.45) is 0 Å². The average Bonchev–Trinajstić information content (AvgIpc) is 2.36. The van der Waals surface area contributed by atoms with E-state index in [9.17, 15) is 9.59 Å². The predicted molar refractivity (Wildman–Crippen MR) is 63.7 cm³/mol. The Morgan fingerprint density at radius 3 is 2.18 bits per heavy atom. The number of hydrogen-bond acceptors (Lipinski definition) is 4. The normalized spacial score (nSPS) is 18.7. The number of amides is 2. The van der Waals surface area contributed by atoms with Gasteiger partial charge in [0, 0.05) is 27.2 Å². The third kappa shape index (κ3) is 2.69. The van der Waals surface area contributed by atoms with E-state index >= 15 is 0 Å². The Morgan fingerprint density at radius 1 is 1.29 bits per heavy atom. The first-order valence-corrected chi connectivity index (χ1v) is 5.70. The van der Waals surface area contributed by atoms with Crippen LogP contribution in [0.1, 0.15) is 12.8 Å². The number of piperidine rings is 1. The summed E-state index contributed by atoms with van der Waals surface area (Å²) in [4.78, 5) is 26.8. The Morgan fingerprint density at radius 2 is 1.82 bits per heavy atom. The number of hydrogen-bond donors (Lipinski definition) is 1. The minimum atomic E-state index is -0.641. The maximum atomic E-state index is 11.8. The van der Waals surface area contributed by atoms with Crippen molar-refractivity contribution in [3.8, 4) is 0 Å². The van der Waals surface area contributed by atoms with Crippen molar-refractivity contribution in [1.29, 1.82) is 0 Å². The molecule has 6 heteroatoms. The molecule has 1 aliphatic rings. The molecular weight excluding hydrogens is 222 g/mol. The average molecular weight is 243 g/mol. The molecule has 0 bridgehead atoms. The summed E-state index contributed by atoms with van der Waals surface area (Å²) in [5, 5.41) is 3.03. The van der Waals surface area contributed by atoms with Crippen LogP contribution < -0.4 is 5.32 Å². The number of carbonyl (C=O) groups is 2. The smallest absolute Gasteiger partial charge is 0.326 e. The molecule has 1 rings (SSSR count). The highest BCUT2D eigenvalue weighted by Crippen LogP contribution is 2.23. The van der Waals surface area contributed by atoms with Crippen LogP contribution in [0.4, 0.5) is 4.79 Å². The van der Waals surface area contributed by atoms with E-state index in [2.05, 4.69) is 5.32 Å². The van der Waals surface area contributed by atoms with Crippen LogP contribution >= 0.6 is 0 Å². The zero-order valence-corrected chi connectivity index (χ0v) is 10.9. The Hall–Kier alpha value is -1.30. The number of rotatable bonds is 2. The van der Waals surface area contributed by atoms with Gasteiger partial charge >= 0.3 is 12.0 Å². The van der Waals surface area contributed by atoms with Gasteiger partial charge in [0.25, 0.3) is 0 Å². The molecule has 0 unspecified atom stereocenters. The van der Waals surface area contributed by atoms with Crippen molar-refractivity contribution < 1.29 is 14.3 Å². The topological polar surface area (TPSA) is 61.9 Å². The number of nitrogens with zero attached hydrogens (tertiary/aromatic N) is 2. The zero-order valence-electron chi connectivity index (χ0n) is 10.9. The van der Waals surface area contributed by atoms with Crippen molar-refractivity contribution in [3.05, 3.63) is 0 Å². The van der Waals surface area contributed by atoms with Gasteiger partial charge in [-0.15, -0.1) is 0 Å². The van der Waals surface area contributed by atoms with E-state index < -0.39 is 5.54 Å². The molecule has 1 heterocycles. The molecule has 2 amide bonds. The van der Waals surface area contributed by atoms with Gasteiger partial charge in [-0.2, -0.15) is 0 Å². The van der Waals surface area contributed by atoms with Gasteiger partial charge in [0.2, 0.25) is 0 Å². The highest BCUT2D eigenvalue weighted by molar-refractivity contribution is 5.81. The van der Waals surface area contributed by atoms with Crippen LogP contribution in [-0.2, 0) is 9.53 Å². The fraction of sp³-hybridized carbons (Fsp3) is 0.818. The second-order valence-electron chi connectivity index (χ2n) is 4.49. The Kier molecular flexibility index (Phi) is 4.34. The highest BCUT2D eigenvalue weighted by atomic mass is 16.5. The lowest BCUT2D eigenvalue weighted by Gasteiger charge is -2.40. The molecular formula is C11H21N3O3. The Balaban J connectivity index is 2.65. The molecule has 0 aromatic rings. The number of urea groups is 1. The van der Waals surface area contributed by atoms with Crippen LogP contribution in [0.5, 0.6) is 0 Å². The third-order valence-corrected chi connectivity index (χ3v) is 3.32. The molecule has 1 fully saturated rings. The van der Waals surface area contributed by atoms with Crippen molar-refractivity contribution in [2.75, 3.05) is 41.3 Å². The van der Waals surface area contributed by atoms with Crippen LogP contribution in [0.3, 0.4) is 0 Å². The summed E-state index contributed by atoms with van der Waals surface area (Å²) < 4.78 is 4.81. The summed E-state index contributed by atoms with van der Waals surface area (Å²) in [7, 11) is 6.59. The number of carbonyl (C=O) groups excluding carboxylic acids is 2. The minimum absolute atomic E-state index is 0.0143. The van der Waals surface area contributed by atoms with Crippen LogP contribution in [0.25, 0.3) is 0 Å². The summed E-state index contributed by atoms with van der Waals surface area (Å²) in [5.41, 5.74) is -0.641. The zero-order chi connectivity index (χ0) is 13.1. The van der Waals surface area contributed by atoms with E-state index in [1.807, 2.05) is 0 Å². The Bertz CT molecular complexity index is 296. The van der Waals surface area contributed by atoms with E-state index in [-0.39, 0.29) is 12.0 Å². The lowest BCUT2D eigenvalue weighted by Crippen LogP contribution is -2.59. The third-order valence-electron chi connectivity index (χ3n) is 3.32. The van der Waals surface area contributed by atoms with Crippen LogP contribution in [0.2, 0.25) is 0 Å². The number of ether oxygens (including phenoxy) is 1. The fourth-order valence-electron chi connectivity index (χ4n) is 2.11. The van der Waals surface area contributed by atoms with E-state index in [1.165, 1.54) is 7.11 Å². The number of methoxy groups -OCH3 is 1. The molecule has 1 aliphatic heterocycles. The maximum absolute atomic E-state index is 11.8. The first kappa shape index (κ1) is 13.8. The van der Waals surface area contributed by atoms with Gasteiger partial charge in [0.05, 0.1) is 7.11 Å². The highest BCUT2D eigenvalue weighted by Gasteiger charge is 2.42. The molecule has 0 radical (unpaired) electrons. The summed E-state index contributed by atoms with van der Waals surface area (Å²) in [6.45, 7) is 1.12. The fourth-order valence-corrected chi connectivity index (χ4v) is 2.11. The first-order chi connectivity index (χ1) is 7.96. The van der Waals surface area contributed by atoms with Crippen molar-refractivity contribution >= 4 is 12.0 Å². The maximum Gasteiger partial charge on any atom is 0.326 e. The van der Waals surface area contributed by atoms with Gasteiger partial charge < -0.3 is 19.9 Å². The van der Waals surface area contributed by atoms with Crippen LogP contribution in [0.15, 0.2) is 0 Å². The number of nitrogens with one attached hydrogen (secondary N) is 1. The van der Waals surface area contributed by atoms with Crippen molar-refractivity contribution in [3.63, 3.8) is 0 Å². The molecule has 1 N–H and O–H groups in total. The van der Waals surface area contributed by atoms with Gasteiger partial charge in [-0.25, -0.2) is 4.79 Å². The summed E-state index contributed by atoms with van der Waals surface area (Å²) in [6, 6.07) is -0.0143. The van der Waals surface area contributed by atoms with Gasteiger partial charge in [-0.05, 0) is 19.9 Å². The SMILES string of the molecule is CNC1(C(=O)OC)CCN(C(=O)N(C)C)CC1. The monoisotopic (exact) mass is 243 g/mol. The van der Waals surface area contributed by atoms with Gasteiger partial charge in [0.1, 0.15) is 5.54 Å². The lowest BCUT2D eigenvalue weighted by atomic mass is 9.88. The quantitative estimate of drug-likeness (QED) is 0.688. The number of likely N-dealkylation sites (tertiary alicyclic amines) is 1. The minimum Gasteiger partial charge on any atom is -0.468 e. The van der Waals surface area contributed by atoms with Crippen LogP contribution in [0, 0.1) is 0 Å². The summed E-state index contributed by atoms with van der Waals surface area (Å²) >= 11 is 0. The van der Waals surface area contributed by atoms with Crippen LogP contribution in [-0.4, -0.2) is 68.7 Å². The lowest BCUT2D eigenvalue weighted by molar-refractivity contribution is -0.150. The molecule has 1 saturated heterocycles. The molecule has 17 heavy (non-hydrogen) atoms. The van der Waals surface area contributed by atoms with E-state index in [0.29, 0.717) is 25.9 Å². The molecule has 0 aromatic carbocycles. The van der Waals surface area contributed by atoms with E-state index in [0.717, 1.165) is 0 Å². The van der Waals surface area contributed by atoms with Crippen molar-refractivity contribution in [2.45, 2.75) is 18.4 Å². The van der Waals surface area contributed by atoms with E-state index in [4.69, 9.17) is 4.74 Å². The number of likely N-dealkylation sites (N-methyl/N-ethyl adjacent to an activating group) is 1. The molecule has 0 saturated carbocycles. The molecule has 98 valence electrons. The van der Waals surface area contributed by atoms with Gasteiger partial charge in [0.15, 0.2) is 0 Å². The Labute approximate surface area is 102 Å². The molecule has 0 aromatic heterocycles. The van der Waals surface area contributed by atoms with Gasteiger partial charge in [-0.3, -0.25) is 4.79 Å². The summed E-state index contributed by atoms with van der Waals surface area (Å²) in [6.07, 6.45) is 1.16. The van der Waals surface area contributed by atoms with Crippen molar-refractivity contribution in [1.82, 2.24) is 15.1 Å². The second-order valence-corrected chi connectivity index (χ2v) is 4.49. The summed E-state index contributed by atoms with van der Waals surface area (Å²) in [5.74, 6) is -0.253.